The maximum absolute atomic E-state index is 13.5. The molecule has 0 spiro atoms. The van der Waals surface area contributed by atoms with Crippen LogP contribution in [0.1, 0.15) is 85.6 Å². The van der Waals surface area contributed by atoms with Gasteiger partial charge in [-0.25, -0.2) is 4.98 Å². The number of aromatic nitrogens is 4. The summed E-state index contributed by atoms with van der Waals surface area (Å²) in [6, 6.07) is 0.201. The van der Waals surface area contributed by atoms with Crippen molar-refractivity contribution < 1.29 is 4.79 Å². The predicted octanol–water partition coefficient (Wildman–Crippen LogP) is 2.82. The van der Waals surface area contributed by atoms with Crippen molar-refractivity contribution in [1.82, 2.24) is 29.5 Å². The number of carbonyl (C=O) groups is 1. The Hall–Kier alpha value is -2.48. The largest absolute Gasteiger partial charge is 0.328 e. The van der Waals surface area contributed by atoms with Crippen LogP contribution >= 0.6 is 0 Å². The molecule has 0 saturated carbocycles. The maximum Gasteiger partial charge on any atom is 0.257 e. The summed E-state index contributed by atoms with van der Waals surface area (Å²) in [5.74, 6) is 0.615. The number of likely N-dealkylation sites (tertiary alicyclic amines) is 1. The lowest BCUT2D eigenvalue weighted by Crippen LogP contribution is -2.42. The molecule has 1 atom stereocenters. The molecule has 1 saturated heterocycles. The Labute approximate surface area is 183 Å². The molecule has 1 N–H and O–H groups in total. The van der Waals surface area contributed by atoms with Gasteiger partial charge in [0.1, 0.15) is 5.82 Å². The van der Waals surface area contributed by atoms with Gasteiger partial charge in [0.25, 0.3) is 11.5 Å². The van der Waals surface area contributed by atoms with E-state index in [0.29, 0.717) is 30.5 Å². The zero-order chi connectivity index (χ0) is 22.1. The summed E-state index contributed by atoms with van der Waals surface area (Å²) in [7, 11) is 0. The fraction of sp³-hybridized carbons (Fsp3) is 0.652. The predicted molar refractivity (Wildman–Crippen MR) is 119 cm³/mol. The Balaban J connectivity index is 1.63. The third kappa shape index (κ3) is 4.31. The minimum atomic E-state index is -0.198. The molecule has 31 heavy (non-hydrogen) atoms. The molecular formula is C23H34N6O2. The van der Waals surface area contributed by atoms with Crippen molar-refractivity contribution in [1.29, 1.82) is 0 Å². The Morgan fingerprint density at radius 1 is 1.29 bits per heavy atom. The maximum atomic E-state index is 13.5. The molecule has 4 rings (SSSR count). The van der Waals surface area contributed by atoms with Gasteiger partial charge < -0.3 is 9.88 Å². The number of piperidine rings is 1. The number of rotatable bonds is 5. The van der Waals surface area contributed by atoms with Gasteiger partial charge in [-0.3, -0.25) is 19.2 Å². The number of H-pyrrole nitrogens is 1. The molecule has 1 fully saturated rings. The summed E-state index contributed by atoms with van der Waals surface area (Å²) in [5.41, 5.74) is 3.00. The van der Waals surface area contributed by atoms with Crippen LogP contribution in [0.3, 0.4) is 0 Å². The number of aryl methyl sites for hydroxylation is 2. The number of hydrogen-bond donors (Lipinski definition) is 1. The summed E-state index contributed by atoms with van der Waals surface area (Å²) in [4.78, 5) is 38.5. The fourth-order valence-corrected chi connectivity index (χ4v) is 4.75. The van der Waals surface area contributed by atoms with E-state index in [2.05, 4.69) is 35.8 Å². The van der Waals surface area contributed by atoms with Gasteiger partial charge in [-0.1, -0.05) is 6.92 Å². The van der Waals surface area contributed by atoms with Crippen molar-refractivity contribution in [2.45, 2.75) is 85.0 Å². The van der Waals surface area contributed by atoms with Crippen molar-refractivity contribution in [3.8, 4) is 0 Å². The molecule has 0 aromatic carbocycles. The van der Waals surface area contributed by atoms with Gasteiger partial charge in [-0.05, 0) is 46.5 Å². The topological polar surface area (TPSA) is 87.1 Å². The Morgan fingerprint density at radius 2 is 2.10 bits per heavy atom. The number of carbonyl (C=O) groups excluding carboxylic acids is 1. The summed E-state index contributed by atoms with van der Waals surface area (Å²) in [6.07, 6.45) is 6.39. The van der Waals surface area contributed by atoms with Crippen LogP contribution in [0, 0.1) is 6.92 Å². The summed E-state index contributed by atoms with van der Waals surface area (Å²) < 4.78 is 1.85. The van der Waals surface area contributed by atoms with Gasteiger partial charge in [0.15, 0.2) is 0 Å². The molecular weight excluding hydrogens is 392 g/mol. The van der Waals surface area contributed by atoms with E-state index in [1.807, 2.05) is 22.7 Å². The van der Waals surface area contributed by atoms with Crippen molar-refractivity contribution in [3.63, 3.8) is 0 Å². The number of amides is 1. The highest BCUT2D eigenvalue weighted by atomic mass is 16.2. The van der Waals surface area contributed by atoms with Gasteiger partial charge in [0.05, 0.1) is 28.6 Å². The molecule has 2 aromatic heterocycles. The SMILES string of the molecule is CCCn1cc(C(=O)N2CCCCC2c2nc3c(c(=O)[nH]2)CN(C(C)C)CC3)c(C)n1. The van der Waals surface area contributed by atoms with Crippen LogP contribution < -0.4 is 5.56 Å². The molecule has 8 heteroatoms. The van der Waals surface area contributed by atoms with E-state index in [-0.39, 0.29) is 17.5 Å². The van der Waals surface area contributed by atoms with E-state index < -0.39 is 0 Å². The molecule has 0 bridgehead atoms. The third-order valence-electron chi connectivity index (χ3n) is 6.56. The summed E-state index contributed by atoms with van der Waals surface area (Å²) in [5, 5.41) is 4.50. The highest BCUT2D eigenvalue weighted by Crippen LogP contribution is 2.31. The minimum Gasteiger partial charge on any atom is -0.328 e. The lowest BCUT2D eigenvalue weighted by atomic mass is 9.99. The first-order valence-corrected chi connectivity index (χ1v) is 11.6. The van der Waals surface area contributed by atoms with Gasteiger partial charge in [-0.2, -0.15) is 5.10 Å². The van der Waals surface area contributed by atoms with Crippen molar-refractivity contribution in [2.24, 2.45) is 0 Å². The lowest BCUT2D eigenvalue weighted by molar-refractivity contribution is 0.0597. The van der Waals surface area contributed by atoms with Crippen molar-refractivity contribution in [3.05, 3.63) is 44.9 Å². The molecule has 0 aliphatic carbocycles. The Kier molecular flexibility index (Phi) is 6.27. The first-order chi connectivity index (χ1) is 14.9. The van der Waals surface area contributed by atoms with Gasteiger partial charge in [0, 0.05) is 44.8 Å². The van der Waals surface area contributed by atoms with Crippen LogP contribution in [0.4, 0.5) is 0 Å². The highest BCUT2D eigenvalue weighted by molar-refractivity contribution is 5.95. The molecule has 4 heterocycles. The molecule has 1 amide bonds. The number of fused-ring (bicyclic) bond motifs is 1. The van der Waals surface area contributed by atoms with E-state index in [1.54, 1.807) is 0 Å². The van der Waals surface area contributed by atoms with Crippen molar-refractivity contribution >= 4 is 5.91 Å². The van der Waals surface area contributed by atoms with Gasteiger partial charge in [0.2, 0.25) is 0 Å². The fourth-order valence-electron chi connectivity index (χ4n) is 4.75. The average Bonchev–Trinajstić information content (AvgIpc) is 3.13. The van der Waals surface area contributed by atoms with E-state index in [9.17, 15) is 9.59 Å². The van der Waals surface area contributed by atoms with Gasteiger partial charge >= 0.3 is 0 Å². The third-order valence-corrected chi connectivity index (χ3v) is 6.56. The van der Waals surface area contributed by atoms with Gasteiger partial charge in [-0.15, -0.1) is 0 Å². The van der Waals surface area contributed by atoms with Crippen LogP contribution in [-0.4, -0.2) is 54.6 Å². The molecule has 8 nitrogen and oxygen atoms in total. The zero-order valence-corrected chi connectivity index (χ0v) is 19.1. The van der Waals surface area contributed by atoms with E-state index in [0.717, 1.165) is 62.1 Å². The molecule has 168 valence electrons. The molecule has 1 unspecified atom stereocenters. The Morgan fingerprint density at radius 3 is 2.84 bits per heavy atom. The Bertz CT molecular complexity index is 1010. The highest BCUT2D eigenvalue weighted by Gasteiger charge is 2.33. The second-order valence-corrected chi connectivity index (χ2v) is 9.09. The van der Waals surface area contributed by atoms with E-state index >= 15 is 0 Å². The zero-order valence-electron chi connectivity index (χ0n) is 19.1. The van der Waals surface area contributed by atoms with Crippen LogP contribution in [0.5, 0.6) is 0 Å². The molecule has 2 aromatic rings. The average molecular weight is 427 g/mol. The summed E-state index contributed by atoms with van der Waals surface area (Å²) in [6.45, 7) is 11.3. The molecule has 0 radical (unpaired) electrons. The summed E-state index contributed by atoms with van der Waals surface area (Å²) >= 11 is 0. The first kappa shape index (κ1) is 21.7. The van der Waals surface area contributed by atoms with Crippen LogP contribution in [0.2, 0.25) is 0 Å². The van der Waals surface area contributed by atoms with E-state index in [1.165, 1.54) is 0 Å². The first-order valence-electron chi connectivity index (χ1n) is 11.6. The second-order valence-electron chi connectivity index (χ2n) is 9.09. The molecule has 2 aliphatic heterocycles. The standard InChI is InChI=1S/C23H34N6O2/c1-5-10-28-14-17(16(4)26-28)23(31)29-11-7-6-8-20(29)21-24-19-9-12-27(15(2)3)13-18(19)22(30)25-21/h14-15,20H,5-13H2,1-4H3,(H,24,25,30). The van der Waals surface area contributed by atoms with Crippen LogP contribution in [0.25, 0.3) is 0 Å². The number of nitrogens with zero attached hydrogens (tertiary/aromatic N) is 5. The number of aromatic amines is 1. The smallest absolute Gasteiger partial charge is 0.257 e. The second kappa shape index (κ2) is 8.94. The minimum absolute atomic E-state index is 0.0177. The lowest BCUT2D eigenvalue weighted by Gasteiger charge is -2.36. The van der Waals surface area contributed by atoms with Crippen LogP contribution in [-0.2, 0) is 19.5 Å². The number of nitrogens with one attached hydrogen (secondary N) is 1. The normalized spacial score (nSPS) is 19.6. The monoisotopic (exact) mass is 426 g/mol. The molecule has 2 aliphatic rings. The number of hydrogen-bond acceptors (Lipinski definition) is 5. The quantitative estimate of drug-likeness (QED) is 0.794. The van der Waals surface area contributed by atoms with E-state index in [4.69, 9.17) is 4.98 Å². The van der Waals surface area contributed by atoms with Crippen LogP contribution in [0.15, 0.2) is 11.0 Å². The van der Waals surface area contributed by atoms with Crippen molar-refractivity contribution in [2.75, 3.05) is 13.1 Å².